The van der Waals surface area contributed by atoms with Gasteiger partial charge in [-0.05, 0) is 12.8 Å². The maximum Gasteiger partial charge on any atom is 0.433 e. The van der Waals surface area contributed by atoms with Gasteiger partial charge in [-0.1, -0.05) is 5.92 Å². The van der Waals surface area contributed by atoms with Gasteiger partial charge < -0.3 is 0 Å². The number of rotatable bonds is 0. The molecule has 0 atom stereocenters. The number of nitrogens with zero attached hydrogens (tertiary/aromatic N) is 2. The Balaban J connectivity index is 3.10. The lowest BCUT2D eigenvalue weighted by Crippen LogP contribution is -2.08. The molecule has 1 rings (SSSR count). The first-order chi connectivity index (χ1) is 6.04. The molecule has 0 aromatic carbocycles. The van der Waals surface area contributed by atoms with Crippen molar-refractivity contribution >= 4 is 0 Å². The van der Waals surface area contributed by atoms with Crippen LogP contribution in [0.4, 0.5) is 13.2 Å². The van der Waals surface area contributed by atoms with Gasteiger partial charge in [-0.2, -0.15) is 13.2 Å². The van der Waals surface area contributed by atoms with Crippen LogP contribution >= 0.6 is 0 Å². The van der Waals surface area contributed by atoms with Crippen molar-refractivity contribution < 1.29 is 13.2 Å². The number of halogens is 3. The highest BCUT2D eigenvalue weighted by Gasteiger charge is 2.32. The molecule has 0 radical (unpaired) electrons. The lowest BCUT2D eigenvalue weighted by Gasteiger charge is -2.03. The molecule has 0 saturated heterocycles. The first-order valence-electron chi connectivity index (χ1n) is 3.36. The number of hydrogen-bond donors (Lipinski definition) is 0. The van der Waals surface area contributed by atoms with Crippen molar-refractivity contribution in [2.24, 2.45) is 0 Å². The van der Waals surface area contributed by atoms with Crippen LogP contribution in [0.1, 0.15) is 18.3 Å². The summed E-state index contributed by atoms with van der Waals surface area (Å²) in [4.78, 5) is 6.65. The Labute approximate surface area is 72.8 Å². The Morgan fingerprint density at radius 2 is 2.00 bits per heavy atom. The minimum atomic E-state index is -4.44. The number of hydrogen-bond acceptors (Lipinski definition) is 2. The predicted molar refractivity (Wildman–Crippen MR) is 39.6 cm³/mol. The minimum absolute atomic E-state index is 0.0739. The maximum atomic E-state index is 12.1. The molecule has 0 saturated carbocycles. The van der Waals surface area contributed by atoms with Crippen molar-refractivity contribution in [2.75, 3.05) is 0 Å². The SMILES string of the molecule is CC#Cc1cc(C(F)(F)F)ncn1. The predicted octanol–water partition coefficient (Wildman–Crippen LogP) is 1.87. The van der Waals surface area contributed by atoms with Gasteiger partial charge in [0.2, 0.25) is 0 Å². The third-order valence-corrected chi connectivity index (χ3v) is 1.21. The Hall–Kier alpha value is -1.57. The van der Waals surface area contributed by atoms with E-state index in [1.807, 2.05) is 0 Å². The van der Waals surface area contributed by atoms with Crippen molar-refractivity contribution in [2.45, 2.75) is 13.1 Å². The fraction of sp³-hybridized carbons (Fsp3) is 0.250. The lowest BCUT2D eigenvalue weighted by molar-refractivity contribution is -0.141. The van der Waals surface area contributed by atoms with Gasteiger partial charge >= 0.3 is 6.18 Å². The molecule has 1 heterocycles. The summed E-state index contributed by atoms with van der Waals surface area (Å²) in [5, 5.41) is 0. The maximum absolute atomic E-state index is 12.1. The van der Waals surface area contributed by atoms with Crippen molar-refractivity contribution in [3.05, 3.63) is 23.8 Å². The van der Waals surface area contributed by atoms with E-state index >= 15 is 0 Å². The smallest absolute Gasteiger partial charge is 0.232 e. The third-order valence-electron chi connectivity index (χ3n) is 1.21. The van der Waals surface area contributed by atoms with Gasteiger partial charge in [0.05, 0.1) is 0 Å². The second-order valence-corrected chi connectivity index (χ2v) is 2.16. The molecule has 1 aromatic heterocycles. The molecule has 0 amide bonds. The summed E-state index contributed by atoms with van der Waals surface area (Å²) < 4.78 is 36.2. The molecular formula is C8H5F3N2. The summed E-state index contributed by atoms with van der Waals surface area (Å²) in [7, 11) is 0. The zero-order valence-corrected chi connectivity index (χ0v) is 6.68. The van der Waals surface area contributed by atoms with Crippen LogP contribution in [-0.2, 0) is 6.18 Å². The Kier molecular flexibility index (Phi) is 2.52. The fourth-order valence-electron chi connectivity index (χ4n) is 0.709. The van der Waals surface area contributed by atoms with Crippen LogP contribution in [-0.4, -0.2) is 9.97 Å². The van der Waals surface area contributed by atoms with Gasteiger partial charge in [0.1, 0.15) is 17.7 Å². The van der Waals surface area contributed by atoms with E-state index in [0.717, 1.165) is 12.4 Å². The average Bonchev–Trinajstić information content (AvgIpc) is 2.04. The van der Waals surface area contributed by atoms with E-state index in [4.69, 9.17) is 0 Å². The van der Waals surface area contributed by atoms with E-state index < -0.39 is 11.9 Å². The van der Waals surface area contributed by atoms with Gasteiger partial charge in [0, 0.05) is 6.07 Å². The van der Waals surface area contributed by atoms with Crippen LogP contribution in [0, 0.1) is 11.8 Å². The number of alkyl halides is 3. The van der Waals surface area contributed by atoms with Crippen LogP contribution in [0.3, 0.4) is 0 Å². The van der Waals surface area contributed by atoms with Gasteiger partial charge in [-0.3, -0.25) is 0 Å². The first kappa shape index (κ1) is 9.52. The zero-order chi connectivity index (χ0) is 9.90. The van der Waals surface area contributed by atoms with E-state index in [1.54, 1.807) is 0 Å². The standard InChI is InChI=1S/C8H5F3N2/c1-2-3-6-4-7(8(9,10)11)13-5-12-6/h4-5H,1H3. The van der Waals surface area contributed by atoms with Crippen LogP contribution < -0.4 is 0 Å². The molecule has 0 bridgehead atoms. The van der Waals surface area contributed by atoms with E-state index in [9.17, 15) is 13.2 Å². The molecule has 0 aliphatic rings. The van der Waals surface area contributed by atoms with Crippen molar-refractivity contribution in [1.29, 1.82) is 0 Å². The van der Waals surface area contributed by atoms with E-state index in [0.29, 0.717) is 0 Å². The fourth-order valence-corrected chi connectivity index (χ4v) is 0.709. The third kappa shape index (κ3) is 2.44. The summed E-state index contributed by atoms with van der Waals surface area (Å²) >= 11 is 0. The number of aromatic nitrogens is 2. The van der Waals surface area contributed by atoms with Crippen LogP contribution in [0.25, 0.3) is 0 Å². The van der Waals surface area contributed by atoms with Crippen molar-refractivity contribution in [3.8, 4) is 11.8 Å². The Bertz CT molecular complexity index is 360. The Morgan fingerprint density at radius 3 is 2.54 bits per heavy atom. The van der Waals surface area contributed by atoms with Crippen LogP contribution in [0.15, 0.2) is 12.4 Å². The molecule has 0 fully saturated rings. The lowest BCUT2D eigenvalue weighted by atomic mass is 10.3. The molecule has 68 valence electrons. The summed E-state index contributed by atoms with van der Waals surface area (Å²) in [5.41, 5.74) is -0.898. The molecule has 5 heteroatoms. The largest absolute Gasteiger partial charge is 0.433 e. The molecule has 13 heavy (non-hydrogen) atoms. The molecule has 0 spiro atoms. The van der Waals surface area contributed by atoms with Gasteiger partial charge in [-0.15, -0.1) is 0 Å². The van der Waals surface area contributed by atoms with E-state index in [-0.39, 0.29) is 5.69 Å². The quantitative estimate of drug-likeness (QED) is 0.578. The summed E-state index contributed by atoms with van der Waals surface area (Å²) in [5.74, 6) is 4.87. The molecule has 1 aromatic rings. The summed E-state index contributed by atoms with van der Waals surface area (Å²) in [6.07, 6.45) is -3.59. The molecule has 2 nitrogen and oxygen atoms in total. The summed E-state index contributed by atoms with van der Waals surface area (Å²) in [6, 6.07) is 0.816. The monoisotopic (exact) mass is 186 g/mol. The average molecular weight is 186 g/mol. The van der Waals surface area contributed by atoms with Gasteiger partial charge in [0.25, 0.3) is 0 Å². The molecule has 0 N–H and O–H groups in total. The molecule has 0 aliphatic heterocycles. The van der Waals surface area contributed by atoms with Gasteiger partial charge in [0.15, 0.2) is 0 Å². The summed E-state index contributed by atoms with van der Waals surface area (Å²) in [6.45, 7) is 1.52. The highest BCUT2D eigenvalue weighted by molar-refractivity contribution is 5.28. The topological polar surface area (TPSA) is 25.8 Å². The highest BCUT2D eigenvalue weighted by atomic mass is 19.4. The van der Waals surface area contributed by atoms with Crippen molar-refractivity contribution in [1.82, 2.24) is 9.97 Å². The second-order valence-electron chi connectivity index (χ2n) is 2.16. The van der Waals surface area contributed by atoms with Gasteiger partial charge in [-0.25, -0.2) is 9.97 Å². The molecule has 0 aliphatic carbocycles. The van der Waals surface area contributed by atoms with Crippen molar-refractivity contribution in [3.63, 3.8) is 0 Å². The molecular weight excluding hydrogens is 181 g/mol. The van der Waals surface area contributed by atoms with Crippen LogP contribution in [0.2, 0.25) is 0 Å². The zero-order valence-electron chi connectivity index (χ0n) is 6.68. The Morgan fingerprint density at radius 1 is 1.31 bits per heavy atom. The normalized spacial score (nSPS) is 10.5. The minimum Gasteiger partial charge on any atom is -0.232 e. The first-order valence-corrected chi connectivity index (χ1v) is 3.36. The molecule has 0 unspecified atom stereocenters. The van der Waals surface area contributed by atoms with E-state index in [2.05, 4.69) is 21.8 Å². The second kappa shape index (κ2) is 3.44. The highest BCUT2D eigenvalue weighted by Crippen LogP contribution is 2.26. The van der Waals surface area contributed by atoms with Crippen LogP contribution in [0.5, 0.6) is 0 Å². The van der Waals surface area contributed by atoms with E-state index in [1.165, 1.54) is 6.92 Å².